The number of nitrogens with one attached hydrogen (secondary N) is 2. The van der Waals surface area contributed by atoms with E-state index in [9.17, 15) is 0 Å². The summed E-state index contributed by atoms with van der Waals surface area (Å²) in [6.45, 7) is 1.34. The maximum atomic E-state index is 5.26. The molecule has 0 saturated carbocycles. The molecule has 2 atom stereocenters. The van der Waals surface area contributed by atoms with Crippen molar-refractivity contribution >= 4 is 38.8 Å². The molecule has 62 heavy (non-hydrogen) atoms. The molecule has 10 rings (SSSR count). The van der Waals surface area contributed by atoms with Gasteiger partial charge in [-0.15, -0.1) is 0 Å². The van der Waals surface area contributed by atoms with Gasteiger partial charge in [-0.1, -0.05) is 170 Å². The second-order valence-electron chi connectivity index (χ2n) is 16.0. The maximum Gasteiger partial charge on any atom is 0.134 e. The van der Waals surface area contributed by atoms with E-state index in [4.69, 9.17) is 4.99 Å². The van der Waals surface area contributed by atoms with Gasteiger partial charge >= 0.3 is 0 Å². The van der Waals surface area contributed by atoms with Crippen LogP contribution in [0.2, 0.25) is 0 Å². The average molecular weight is 808 g/mol. The molecule has 2 aliphatic heterocycles. The molecule has 2 aliphatic rings. The summed E-state index contributed by atoms with van der Waals surface area (Å²) in [5, 5.41) is 12.0. The van der Waals surface area contributed by atoms with Gasteiger partial charge in [-0.25, -0.2) is 0 Å². The number of fused-ring (bicyclic) bond motifs is 6. The van der Waals surface area contributed by atoms with Crippen LogP contribution in [-0.2, 0) is 6.54 Å². The average Bonchev–Trinajstić information content (AvgIpc) is 3.66. The van der Waals surface area contributed by atoms with E-state index in [1.165, 1.54) is 60.9 Å². The van der Waals surface area contributed by atoms with Gasteiger partial charge in [-0.05, 0) is 68.9 Å². The third-order valence-corrected chi connectivity index (χ3v) is 12.3. The highest BCUT2D eigenvalue weighted by atomic mass is 15.4. The molecular weight excluding hydrogens is 759 g/mol. The summed E-state index contributed by atoms with van der Waals surface area (Å²) in [7, 11) is 6.33. The minimum atomic E-state index is -0.0717. The molecule has 7 heteroatoms. The molecular formula is C55H49N7. The SMILES string of the molecule is CNC(c1ccc(-c2ccccc2)cc1)N(C)/C(=N\Cc1ccc(-c2ccc(C3N(C)c4c(c5ccccc5c5ccncc45)N3C3=CC=CCN3)cc2)cc1)c1ccccc1. The van der Waals surface area contributed by atoms with E-state index in [-0.39, 0.29) is 12.3 Å². The summed E-state index contributed by atoms with van der Waals surface area (Å²) in [5.74, 6) is 2.01. The fourth-order valence-corrected chi connectivity index (χ4v) is 9.26. The molecule has 2 unspecified atom stereocenters. The van der Waals surface area contributed by atoms with Crippen LogP contribution in [0.25, 0.3) is 43.8 Å². The predicted molar refractivity (Wildman–Crippen MR) is 258 cm³/mol. The van der Waals surface area contributed by atoms with Crippen molar-refractivity contribution in [3.8, 4) is 22.3 Å². The van der Waals surface area contributed by atoms with E-state index in [1.807, 2.05) is 19.4 Å². The summed E-state index contributed by atoms with van der Waals surface area (Å²) < 4.78 is 0. The number of nitrogens with zero attached hydrogens (tertiary/aromatic N) is 5. The second kappa shape index (κ2) is 16.9. The third kappa shape index (κ3) is 7.16. The van der Waals surface area contributed by atoms with Gasteiger partial charge in [0.15, 0.2) is 0 Å². The van der Waals surface area contributed by atoms with Crippen molar-refractivity contribution in [2.24, 2.45) is 4.99 Å². The lowest BCUT2D eigenvalue weighted by Gasteiger charge is -2.34. The van der Waals surface area contributed by atoms with Crippen LogP contribution >= 0.6 is 0 Å². The minimum absolute atomic E-state index is 0.0631. The van der Waals surface area contributed by atoms with Crippen LogP contribution in [0.3, 0.4) is 0 Å². The van der Waals surface area contributed by atoms with Crippen molar-refractivity contribution in [2.45, 2.75) is 18.9 Å². The van der Waals surface area contributed by atoms with Crippen molar-refractivity contribution < 1.29 is 0 Å². The van der Waals surface area contributed by atoms with Crippen LogP contribution < -0.4 is 20.4 Å². The summed E-state index contributed by atoms with van der Waals surface area (Å²) in [4.78, 5) is 17.0. The third-order valence-electron chi connectivity index (χ3n) is 12.3. The Morgan fingerprint density at radius 2 is 1.32 bits per heavy atom. The van der Waals surface area contributed by atoms with Crippen LogP contribution in [0.4, 0.5) is 11.4 Å². The van der Waals surface area contributed by atoms with Crippen molar-refractivity contribution in [3.05, 3.63) is 222 Å². The van der Waals surface area contributed by atoms with Gasteiger partial charge in [0.2, 0.25) is 0 Å². The summed E-state index contributed by atoms with van der Waals surface area (Å²) >= 11 is 0. The summed E-state index contributed by atoms with van der Waals surface area (Å²) in [6, 6.07) is 58.6. The number of rotatable bonds is 10. The van der Waals surface area contributed by atoms with E-state index >= 15 is 0 Å². The standard InChI is InChI=1S/C55H49N7/c1-56-53(44-29-25-41(26-30-44)39-14-6-4-7-15-39)61(3)54(43-16-8-5-9-17-43)59-36-38-21-23-40(24-22-38)42-27-31-45(32-28-42)55-60(2)51-49-37-57-35-33-47(49)46-18-10-11-19-48(46)52(51)62(55)50-20-12-13-34-58-50/h4-33,35,37,53,55-56,58H,34,36H2,1-3H3/b59-54-. The lowest BCUT2D eigenvalue weighted by Crippen LogP contribution is -2.38. The molecule has 1 aromatic heterocycles. The molecule has 7 aromatic carbocycles. The smallest absolute Gasteiger partial charge is 0.134 e. The largest absolute Gasteiger partial charge is 0.368 e. The first-order valence-electron chi connectivity index (χ1n) is 21.3. The Morgan fingerprint density at radius 3 is 2.00 bits per heavy atom. The van der Waals surface area contributed by atoms with Gasteiger partial charge in [0.05, 0.1) is 17.9 Å². The van der Waals surface area contributed by atoms with Crippen molar-refractivity contribution in [3.63, 3.8) is 0 Å². The number of pyridine rings is 1. The van der Waals surface area contributed by atoms with Crippen molar-refractivity contribution in [1.29, 1.82) is 0 Å². The molecule has 0 spiro atoms. The zero-order valence-electron chi connectivity index (χ0n) is 35.3. The number of benzene rings is 7. The molecule has 7 nitrogen and oxygen atoms in total. The Bertz CT molecular complexity index is 2940. The van der Waals surface area contributed by atoms with E-state index in [0.717, 1.165) is 34.7 Å². The molecule has 8 aromatic rings. The zero-order valence-corrected chi connectivity index (χ0v) is 35.3. The van der Waals surface area contributed by atoms with Gasteiger partial charge in [0, 0.05) is 49.4 Å². The molecule has 0 amide bonds. The molecule has 3 heterocycles. The van der Waals surface area contributed by atoms with Gasteiger partial charge in [0.1, 0.15) is 24.0 Å². The Morgan fingerprint density at radius 1 is 0.710 bits per heavy atom. The van der Waals surface area contributed by atoms with E-state index in [2.05, 4.69) is 226 Å². The number of amidine groups is 1. The summed E-state index contributed by atoms with van der Waals surface area (Å²) in [5.41, 5.74) is 11.8. The van der Waals surface area contributed by atoms with Gasteiger partial charge in [-0.3, -0.25) is 15.3 Å². The fourth-order valence-electron chi connectivity index (χ4n) is 9.26. The number of hydrogen-bond acceptors (Lipinski definition) is 6. The van der Waals surface area contributed by atoms with Gasteiger partial charge < -0.3 is 20.0 Å². The highest BCUT2D eigenvalue weighted by molar-refractivity contribution is 6.21. The Kier molecular flexibility index (Phi) is 10.5. The fraction of sp³-hybridized carbons (Fsp3) is 0.127. The molecule has 304 valence electrons. The molecule has 0 aliphatic carbocycles. The number of hydrogen-bond donors (Lipinski definition) is 2. The van der Waals surface area contributed by atoms with E-state index in [1.54, 1.807) is 0 Å². The minimum Gasteiger partial charge on any atom is -0.368 e. The van der Waals surface area contributed by atoms with Crippen molar-refractivity contribution in [2.75, 3.05) is 37.5 Å². The van der Waals surface area contributed by atoms with Gasteiger partial charge in [0.25, 0.3) is 0 Å². The quantitative estimate of drug-likeness (QED) is 0.0621. The topological polar surface area (TPSA) is 59.0 Å². The molecule has 2 N–H and O–H groups in total. The van der Waals surface area contributed by atoms with E-state index < -0.39 is 0 Å². The molecule has 0 fully saturated rings. The Hall–Kier alpha value is -7.48. The van der Waals surface area contributed by atoms with Crippen LogP contribution in [-0.4, -0.2) is 43.4 Å². The zero-order chi connectivity index (χ0) is 42.0. The van der Waals surface area contributed by atoms with Gasteiger partial charge in [-0.2, -0.15) is 0 Å². The second-order valence-corrected chi connectivity index (χ2v) is 16.0. The van der Waals surface area contributed by atoms with Crippen LogP contribution in [0.5, 0.6) is 0 Å². The number of aromatic nitrogens is 1. The Balaban J connectivity index is 0.915. The first-order chi connectivity index (χ1) is 30.6. The number of allylic oxidation sites excluding steroid dienone is 2. The molecule has 0 radical (unpaired) electrons. The number of dihydropyridines is 1. The van der Waals surface area contributed by atoms with Crippen LogP contribution in [0, 0.1) is 0 Å². The van der Waals surface area contributed by atoms with Crippen LogP contribution in [0.15, 0.2) is 205 Å². The van der Waals surface area contributed by atoms with Crippen molar-refractivity contribution in [1.82, 2.24) is 20.5 Å². The first kappa shape index (κ1) is 38.7. The Labute approximate surface area is 364 Å². The number of anilines is 2. The predicted octanol–water partition coefficient (Wildman–Crippen LogP) is 11.5. The maximum absolute atomic E-state index is 5.26. The highest BCUT2D eigenvalue weighted by Gasteiger charge is 2.40. The monoisotopic (exact) mass is 807 g/mol. The normalized spacial score (nSPS) is 15.4. The first-order valence-corrected chi connectivity index (χ1v) is 21.3. The lowest BCUT2D eigenvalue weighted by molar-refractivity contribution is 0.331. The highest BCUT2D eigenvalue weighted by Crippen LogP contribution is 2.54. The lowest BCUT2D eigenvalue weighted by atomic mass is 9.99. The number of aliphatic imine (C=N–C) groups is 1. The van der Waals surface area contributed by atoms with Crippen LogP contribution in [0.1, 0.15) is 34.6 Å². The van der Waals surface area contributed by atoms with E-state index in [0.29, 0.717) is 6.54 Å². The molecule has 0 saturated heterocycles. The summed E-state index contributed by atoms with van der Waals surface area (Å²) in [6.07, 6.45) is 10.3. The molecule has 0 bridgehead atoms.